The molecule has 4 unspecified atom stereocenters. The SMILES string of the molecule is O=C(Nc1ccc(C(F)(F)F)cc1)Nc1ccc(C23CCC(CO2)NC3)cc1.O=C(Nc1ccc(Cl)cc1)Nc1ccc(C23CCC(CO2)NC3)cc1. The Labute approximate surface area is 310 Å². The molecule has 278 valence electrons. The van der Waals surface area contributed by atoms with Crippen LogP contribution in [0, 0.1) is 0 Å². The highest BCUT2D eigenvalue weighted by atomic mass is 35.5. The van der Waals surface area contributed by atoms with E-state index in [0.29, 0.717) is 35.1 Å². The first kappa shape index (κ1) is 36.7. The van der Waals surface area contributed by atoms with E-state index in [-0.39, 0.29) is 22.9 Å². The fourth-order valence-electron chi connectivity index (χ4n) is 7.10. The summed E-state index contributed by atoms with van der Waals surface area (Å²) < 4.78 is 49.9. The largest absolute Gasteiger partial charge is 0.416 e. The summed E-state index contributed by atoms with van der Waals surface area (Å²) in [6.45, 7) is 3.10. The third-order valence-electron chi connectivity index (χ3n) is 10.2. The predicted octanol–water partition coefficient (Wildman–Crippen LogP) is 8.29. The zero-order valence-electron chi connectivity index (χ0n) is 28.7. The van der Waals surface area contributed by atoms with Gasteiger partial charge in [0.05, 0.1) is 18.8 Å². The molecule has 4 amide bonds. The average Bonchev–Trinajstić information content (AvgIpc) is 3.18. The van der Waals surface area contributed by atoms with Gasteiger partial charge in [0.2, 0.25) is 0 Å². The van der Waals surface area contributed by atoms with Gasteiger partial charge < -0.3 is 41.4 Å². The summed E-state index contributed by atoms with van der Waals surface area (Å²) in [6.07, 6.45) is -0.182. The summed E-state index contributed by atoms with van der Waals surface area (Å²) >= 11 is 5.84. The fourth-order valence-corrected chi connectivity index (χ4v) is 7.23. The van der Waals surface area contributed by atoms with Crippen molar-refractivity contribution in [1.29, 1.82) is 0 Å². The molecule has 6 saturated heterocycles. The second-order valence-corrected chi connectivity index (χ2v) is 14.2. The summed E-state index contributed by atoms with van der Waals surface area (Å²) in [5, 5.41) is 18.4. The van der Waals surface area contributed by atoms with Gasteiger partial charge in [-0.2, -0.15) is 13.2 Å². The molecule has 6 aliphatic heterocycles. The normalized spacial score (nSPS) is 24.4. The number of ether oxygens (including phenoxy) is 2. The van der Waals surface area contributed by atoms with Crippen LogP contribution in [0.25, 0.3) is 0 Å². The molecular weight excluding hydrogens is 709 g/mol. The number of fused-ring (bicyclic) bond motifs is 6. The molecule has 0 aliphatic carbocycles. The van der Waals surface area contributed by atoms with Crippen molar-refractivity contribution in [2.75, 3.05) is 47.6 Å². The van der Waals surface area contributed by atoms with Crippen molar-refractivity contribution in [2.24, 2.45) is 0 Å². The lowest BCUT2D eigenvalue weighted by molar-refractivity contribution is -0.137. The molecule has 0 radical (unpaired) electrons. The number of hydrogen-bond acceptors (Lipinski definition) is 6. The second-order valence-electron chi connectivity index (χ2n) is 13.7. The number of rotatable bonds is 6. The zero-order chi connectivity index (χ0) is 37.1. The molecule has 4 atom stereocenters. The van der Waals surface area contributed by atoms with Crippen LogP contribution in [0.15, 0.2) is 97.1 Å². The maximum absolute atomic E-state index is 12.6. The standard InChI is InChI=1S/C20H20F3N3O2.C19H20ClN3O2/c21-20(22,23)14-3-7-16(8-4-14)26-18(27)25-15-5-1-13(2-6-15)19-10-9-17(11-28-19)24-12-19;20-14-3-7-16(8-4-14)23-18(24)22-15-5-1-13(2-6-15)19-10-9-17(11-25-19)21-12-19/h1-8,17,24H,9-12H2,(H2,25,26,27);1-8,17,21H,9-12H2,(H2,22,23,24). The van der Waals surface area contributed by atoms with Crippen LogP contribution in [0.3, 0.4) is 0 Å². The van der Waals surface area contributed by atoms with Crippen LogP contribution in [0.2, 0.25) is 5.02 Å². The van der Waals surface area contributed by atoms with Gasteiger partial charge in [-0.05, 0) is 110 Å². The van der Waals surface area contributed by atoms with Gasteiger partial charge >= 0.3 is 18.2 Å². The van der Waals surface area contributed by atoms with Crippen molar-refractivity contribution in [2.45, 2.75) is 55.1 Å². The van der Waals surface area contributed by atoms with Crippen molar-refractivity contribution in [3.05, 3.63) is 119 Å². The number of anilines is 4. The molecule has 6 aliphatic rings. The van der Waals surface area contributed by atoms with Gasteiger partial charge in [-0.3, -0.25) is 0 Å². The minimum Gasteiger partial charge on any atom is -0.367 e. The highest BCUT2D eigenvalue weighted by Crippen LogP contribution is 2.40. The topological polar surface area (TPSA) is 125 Å². The number of morpholine rings is 2. The Hall–Kier alpha value is -4.66. The highest BCUT2D eigenvalue weighted by molar-refractivity contribution is 6.30. The Morgan fingerprint density at radius 3 is 1.26 bits per heavy atom. The molecule has 53 heavy (non-hydrogen) atoms. The van der Waals surface area contributed by atoms with E-state index in [4.69, 9.17) is 21.1 Å². The Morgan fingerprint density at radius 2 is 0.962 bits per heavy atom. The molecule has 10 nitrogen and oxygen atoms in total. The number of piperidine rings is 2. The molecule has 4 aromatic carbocycles. The van der Waals surface area contributed by atoms with Crippen LogP contribution in [-0.2, 0) is 26.9 Å². The molecule has 0 saturated carbocycles. The first-order chi connectivity index (χ1) is 25.5. The number of amides is 4. The summed E-state index contributed by atoms with van der Waals surface area (Å²) in [5.74, 6) is 0. The predicted molar refractivity (Wildman–Crippen MR) is 198 cm³/mol. The Morgan fingerprint density at radius 1 is 0.604 bits per heavy atom. The van der Waals surface area contributed by atoms with E-state index in [2.05, 4.69) is 31.9 Å². The Kier molecular flexibility index (Phi) is 10.6. The number of hydrogen-bond donors (Lipinski definition) is 6. The van der Waals surface area contributed by atoms with E-state index in [1.807, 2.05) is 36.4 Å². The third kappa shape index (κ3) is 8.77. The maximum atomic E-state index is 12.6. The second kappa shape index (κ2) is 15.4. The zero-order valence-corrected chi connectivity index (χ0v) is 29.4. The van der Waals surface area contributed by atoms with Gasteiger partial charge in [0.15, 0.2) is 0 Å². The molecule has 14 heteroatoms. The summed E-state index contributed by atoms with van der Waals surface area (Å²) in [6, 6.07) is 26.7. The number of nitrogens with one attached hydrogen (secondary N) is 6. The van der Waals surface area contributed by atoms with E-state index in [0.717, 1.165) is 74.3 Å². The van der Waals surface area contributed by atoms with Crippen LogP contribution in [0.5, 0.6) is 0 Å². The first-order valence-corrected chi connectivity index (χ1v) is 17.9. The number of carbonyl (C=O) groups excluding carboxylic acids is 2. The molecule has 6 heterocycles. The minimum atomic E-state index is -4.40. The van der Waals surface area contributed by atoms with Crippen molar-refractivity contribution in [3.63, 3.8) is 0 Å². The Balaban J connectivity index is 0.000000165. The minimum absolute atomic E-state index is 0.223. The van der Waals surface area contributed by atoms with Crippen LogP contribution >= 0.6 is 11.6 Å². The lowest BCUT2D eigenvalue weighted by Crippen LogP contribution is -2.57. The maximum Gasteiger partial charge on any atom is 0.416 e. The number of alkyl halides is 3. The highest BCUT2D eigenvalue weighted by Gasteiger charge is 2.43. The monoisotopic (exact) mass is 748 g/mol. The summed E-state index contributed by atoms with van der Waals surface area (Å²) in [4.78, 5) is 24.2. The van der Waals surface area contributed by atoms with Gasteiger partial charge in [-0.1, -0.05) is 35.9 Å². The average molecular weight is 749 g/mol. The molecule has 6 fully saturated rings. The molecule has 0 aromatic heterocycles. The van der Waals surface area contributed by atoms with Gasteiger partial charge in [0, 0.05) is 52.9 Å². The van der Waals surface area contributed by atoms with E-state index in [1.165, 1.54) is 12.1 Å². The summed E-state index contributed by atoms with van der Waals surface area (Å²) in [7, 11) is 0. The van der Waals surface area contributed by atoms with Gasteiger partial charge in [0.1, 0.15) is 11.2 Å². The molecular formula is C39H40ClF3N6O4. The fraction of sp³-hybridized carbons (Fsp3) is 0.333. The third-order valence-corrected chi connectivity index (χ3v) is 10.4. The van der Waals surface area contributed by atoms with Crippen LogP contribution < -0.4 is 31.9 Å². The van der Waals surface area contributed by atoms with Crippen molar-refractivity contribution >= 4 is 46.4 Å². The molecule has 4 bridgehead atoms. The van der Waals surface area contributed by atoms with Gasteiger partial charge in [-0.25, -0.2) is 9.59 Å². The molecule has 0 spiro atoms. The van der Waals surface area contributed by atoms with E-state index in [1.54, 1.807) is 36.4 Å². The number of benzene rings is 4. The lowest BCUT2D eigenvalue weighted by Gasteiger charge is -2.47. The van der Waals surface area contributed by atoms with Gasteiger partial charge in [-0.15, -0.1) is 0 Å². The lowest BCUT2D eigenvalue weighted by atomic mass is 9.81. The van der Waals surface area contributed by atoms with E-state index >= 15 is 0 Å². The van der Waals surface area contributed by atoms with Crippen molar-refractivity contribution < 1.29 is 32.2 Å². The quantitative estimate of drug-likeness (QED) is 0.118. The molecule has 10 rings (SSSR count). The Bertz CT molecular complexity index is 1850. The van der Waals surface area contributed by atoms with Crippen LogP contribution in [0.1, 0.15) is 42.4 Å². The molecule has 6 N–H and O–H groups in total. The van der Waals surface area contributed by atoms with Crippen LogP contribution in [-0.4, -0.2) is 50.4 Å². The van der Waals surface area contributed by atoms with Gasteiger partial charge in [0.25, 0.3) is 0 Å². The smallest absolute Gasteiger partial charge is 0.367 e. The van der Waals surface area contributed by atoms with Crippen molar-refractivity contribution in [1.82, 2.24) is 10.6 Å². The van der Waals surface area contributed by atoms with Crippen LogP contribution in [0.4, 0.5) is 45.5 Å². The first-order valence-electron chi connectivity index (χ1n) is 17.5. The summed E-state index contributed by atoms with van der Waals surface area (Å²) in [5.41, 5.74) is 3.21. The number of halogens is 4. The number of carbonyl (C=O) groups is 2. The molecule has 4 aromatic rings. The van der Waals surface area contributed by atoms with E-state index < -0.39 is 17.8 Å². The number of urea groups is 2. The van der Waals surface area contributed by atoms with Crippen molar-refractivity contribution in [3.8, 4) is 0 Å². The van der Waals surface area contributed by atoms with E-state index in [9.17, 15) is 22.8 Å².